The highest BCUT2D eigenvalue weighted by Gasteiger charge is 2.16. The quantitative estimate of drug-likeness (QED) is 0.788. The molecule has 0 fully saturated rings. The molecule has 2 aromatic carbocycles. The van der Waals surface area contributed by atoms with E-state index in [0.717, 1.165) is 11.1 Å². The zero-order chi connectivity index (χ0) is 14.0. The maximum absolute atomic E-state index is 10.3. The number of phenols is 3. The molecule has 0 saturated carbocycles. The normalized spacial score (nSPS) is 10.6. The van der Waals surface area contributed by atoms with Crippen molar-refractivity contribution in [3.63, 3.8) is 0 Å². The van der Waals surface area contributed by atoms with Crippen LogP contribution in [0.4, 0.5) is 0 Å². The van der Waals surface area contributed by atoms with Gasteiger partial charge in [0.25, 0.3) is 0 Å². The van der Waals surface area contributed by atoms with Gasteiger partial charge in [0.05, 0.1) is 0 Å². The molecular formula is C16H18O3. The van der Waals surface area contributed by atoms with Crippen molar-refractivity contribution in [1.29, 1.82) is 0 Å². The summed E-state index contributed by atoms with van der Waals surface area (Å²) < 4.78 is 0. The highest BCUT2D eigenvalue weighted by Crippen LogP contribution is 2.40. The largest absolute Gasteiger partial charge is 0.508 e. The van der Waals surface area contributed by atoms with Crippen molar-refractivity contribution < 1.29 is 15.3 Å². The van der Waals surface area contributed by atoms with Gasteiger partial charge in [-0.15, -0.1) is 0 Å². The molecule has 0 spiro atoms. The summed E-state index contributed by atoms with van der Waals surface area (Å²) in [5.74, 6) is 0.487. The fourth-order valence-corrected chi connectivity index (χ4v) is 2.24. The molecular weight excluding hydrogens is 240 g/mol. The number of aryl methyl sites for hydroxylation is 1. The molecule has 2 rings (SSSR count). The van der Waals surface area contributed by atoms with Gasteiger partial charge in [0.1, 0.15) is 17.2 Å². The number of phenolic OH excluding ortho intramolecular Hbond substituents is 3. The summed E-state index contributed by atoms with van der Waals surface area (Å²) in [5, 5.41) is 29.7. The van der Waals surface area contributed by atoms with Crippen LogP contribution >= 0.6 is 0 Å². The average molecular weight is 258 g/mol. The van der Waals surface area contributed by atoms with E-state index in [0.29, 0.717) is 24.0 Å². The Kier molecular flexibility index (Phi) is 3.65. The maximum atomic E-state index is 10.3. The third-order valence-corrected chi connectivity index (χ3v) is 3.36. The smallest absolute Gasteiger partial charge is 0.130 e. The summed E-state index contributed by atoms with van der Waals surface area (Å²) >= 11 is 0. The van der Waals surface area contributed by atoms with Crippen molar-refractivity contribution in [3.05, 3.63) is 41.5 Å². The monoisotopic (exact) mass is 258 g/mol. The SMILES string of the molecule is CCc1cc(-c2ccc(O)cc2)c(O)c(CC)c1O. The zero-order valence-corrected chi connectivity index (χ0v) is 11.1. The number of benzene rings is 2. The Balaban J connectivity index is 2.66. The highest BCUT2D eigenvalue weighted by molar-refractivity contribution is 5.75. The van der Waals surface area contributed by atoms with Gasteiger partial charge in [-0.05, 0) is 42.2 Å². The van der Waals surface area contributed by atoms with Crippen molar-refractivity contribution in [2.45, 2.75) is 26.7 Å². The Bertz CT molecular complexity index is 586. The van der Waals surface area contributed by atoms with Gasteiger partial charge >= 0.3 is 0 Å². The maximum Gasteiger partial charge on any atom is 0.130 e. The summed E-state index contributed by atoms with van der Waals surface area (Å²) in [7, 11) is 0. The summed E-state index contributed by atoms with van der Waals surface area (Å²) in [4.78, 5) is 0. The molecule has 0 atom stereocenters. The van der Waals surface area contributed by atoms with Crippen LogP contribution in [-0.4, -0.2) is 15.3 Å². The Labute approximate surface area is 112 Å². The topological polar surface area (TPSA) is 60.7 Å². The Morgan fingerprint density at radius 1 is 0.842 bits per heavy atom. The lowest BCUT2D eigenvalue weighted by Crippen LogP contribution is -1.93. The van der Waals surface area contributed by atoms with Gasteiger partial charge in [0.2, 0.25) is 0 Å². The summed E-state index contributed by atoms with van der Waals surface area (Å²) in [5.41, 5.74) is 2.89. The summed E-state index contributed by atoms with van der Waals surface area (Å²) in [6.07, 6.45) is 1.26. The molecule has 19 heavy (non-hydrogen) atoms. The van der Waals surface area contributed by atoms with E-state index in [-0.39, 0.29) is 17.2 Å². The Hall–Kier alpha value is -2.16. The summed E-state index contributed by atoms with van der Waals surface area (Å²) in [6, 6.07) is 8.47. The number of hydrogen-bond acceptors (Lipinski definition) is 3. The first-order valence-corrected chi connectivity index (χ1v) is 6.44. The molecule has 0 amide bonds. The Morgan fingerprint density at radius 2 is 1.47 bits per heavy atom. The van der Waals surface area contributed by atoms with Gasteiger partial charge in [0.15, 0.2) is 0 Å². The second-order valence-electron chi connectivity index (χ2n) is 4.51. The minimum absolute atomic E-state index is 0.114. The van der Waals surface area contributed by atoms with Crippen LogP contribution in [0.3, 0.4) is 0 Å². The van der Waals surface area contributed by atoms with E-state index in [4.69, 9.17) is 0 Å². The van der Waals surface area contributed by atoms with Crippen LogP contribution in [0.5, 0.6) is 17.2 Å². The van der Waals surface area contributed by atoms with Crippen molar-refractivity contribution >= 4 is 0 Å². The molecule has 0 heterocycles. The predicted octanol–water partition coefficient (Wildman–Crippen LogP) is 3.60. The van der Waals surface area contributed by atoms with E-state index in [1.54, 1.807) is 30.3 Å². The molecule has 0 saturated heterocycles. The number of rotatable bonds is 3. The van der Waals surface area contributed by atoms with Gasteiger partial charge in [0, 0.05) is 11.1 Å². The van der Waals surface area contributed by atoms with Crippen molar-refractivity contribution in [1.82, 2.24) is 0 Å². The third kappa shape index (κ3) is 2.36. The van der Waals surface area contributed by atoms with E-state index in [2.05, 4.69) is 0 Å². The van der Waals surface area contributed by atoms with E-state index in [1.165, 1.54) is 0 Å². The van der Waals surface area contributed by atoms with E-state index >= 15 is 0 Å². The molecule has 0 aliphatic rings. The third-order valence-electron chi connectivity index (χ3n) is 3.36. The first-order valence-electron chi connectivity index (χ1n) is 6.44. The molecule has 0 bridgehead atoms. The van der Waals surface area contributed by atoms with E-state index in [1.807, 2.05) is 13.8 Å². The number of aromatic hydroxyl groups is 3. The number of hydrogen-bond donors (Lipinski definition) is 3. The predicted molar refractivity (Wildman–Crippen MR) is 75.6 cm³/mol. The lowest BCUT2D eigenvalue weighted by molar-refractivity contribution is 0.436. The molecule has 0 aliphatic heterocycles. The van der Waals surface area contributed by atoms with E-state index in [9.17, 15) is 15.3 Å². The van der Waals surface area contributed by atoms with Gasteiger partial charge in [-0.1, -0.05) is 26.0 Å². The van der Waals surface area contributed by atoms with Gasteiger partial charge in [-0.3, -0.25) is 0 Å². The minimum Gasteiger partial charge on any atom is -0.508 e. The van der Waals surface area contributed by atoms with Crippen LogP contribution in [0.15, 0.2) is 30.3 Å². The lowest BCUT2D eigenvalue weighted by Gasteiger charge is -2.14. The molecule has 0 aromatic heterocycles. The first-order chi connectivity index (χ1) is 9.08. The van der Waals surface area contributed by atoms with Gasteiger partial charge < -0.3 is 15.3 Å². The van der Waals surface area contributed by atoms with Crippen LogP contribution in [0.25, 0.3) is 11.1 Å². The van der Waals surface area contributed by atoms with Crippen LogP contribution in [0, 0.1) is 0 Å². The van der Waals surface area contributed by atoms with Gasteiger partial charge in [-0.2, -0.15) is 0 Å². The molecule has 0 unspecified atom stereocenters. The minimum atomic E-state index is 0.114. The molecule has 3 N–H and O–H groups in total. The van der Waals surface area contributed by atoms with Crippen molar-refractivity contribution in [2.24, 2.45) is 0 Å². The molecule has 100 valence electrons. The van der Waals surface area contributed by atoms with Gasteiger partial charge in [-0.25, -0.2) is 0 Å². The zero-order valence-electron chi connectivity index (χ0n) is 11.1. The van der Waals surface area contributed by atoms with Crippen molar-refractivity contribution in [2.75, 3.05) is 0 Å². The molecule has 3 nitrogen and oxygen atoms in total. The van der Waals surface area contributed by atoms with Crippen molar-refractivity contribution in [3.8, 4) is 28.4 Å². The summed E-state index contributed by atoms with van der Waals surface area (Å²) in [6.45, 7) is 3.86. The fourth-order valence-electron chi connectivity index (χ4n) is 2.24. The van der Waals surface area contributed by atoms with Crippen LogP contribution in [0.1, 0.15) is 25.0 Å². The van der Waals surface area contributed by atoms with Crippen LogP contribution in [0.2, 0.25) is 0 Å². The lowest BCUT2D eigenvalue weighted by atomic mass is 9.95. The highest BCUT2D eigenvalue weighted by atomic mass is 16.3. The fraction of sp³-hybridized carbons (Fsp3) is 0.250. The van der Waals surface area contributed by atoms with E-state index < -0.39 is 0 Å². The van der Waals surface area contributed by atoms with Crippen LogP contribution < -0.4 is 0 Å². The molecule has 3 heteroatoms. The molecule has 2 aromatic rings. The molecule has 0 aliphatic carbocycles. The average Bonchev–Trinajstić information content (AvgIpc) is 2.41. The second kappa shape index (κ2) is 5.22. The standard InChI is InChI=1S/C16H18O3/c1-3-10-9-14(11-5-7-12(17)8-6-11)16(19)13(4-2)15(10)18/h5-9,17-19H,3-4H2,1-2H3. The second-order valence-corrected chi connectivity index (χ2v) is 4.51. The first kappa shape index (κ1) is 13.3. The molecule has 0 radical (unpaired) electrons. The Morgan fingerprint density at radius 3 is 2.00 bits per heavy atom. The van der Waals surface area contributed by atoms with Crippen LogP contribution in [-0.2, 0) is 12.8 Å².